The summed E-state index contributed by atoms with van der Waals surface area (Å²) in [5, 5.41) is 8.67. The van der Waals surface area contributed by atoms with Crippen LogP contribution in [0.2, 0.25) is 0 Å². The van der Waals surface area contributed by atoms with Gasteiger partial charge in [-0.2, -0.15) is 11.8 Å². The lowest BCUT2D eigenvalue weighted by atomic mass is 10.2. The molecule has 6 heteroatoms. The Labute approximate surface area is 115 Å². The molecule has 0 fully saturated rings. The molecule has 100 valence electrons. The van der Waals surface area contributed by atoms with Crippen molar-refractivity contribution in [1.29, 1.82) is 0 Å². The molecule has 2 aromatic rings. The van der Waals surface area contributed by atoms with Gasteiger partial charge in [-0.1, -0.05) is 12.1 Å². The molecule has 1 heterocycles. The lowest BCUT2D eigenvalue weighted by molar-refractivity contribution is -0.137. The molecule has 0 aliphatic carbocycles. The van der Waals surface area contributed by atoms with E-state index in [0.717, 1.165) is 17.0 Å². The van der Waals surface area contributed by atoms with E-state index in [2.05, 4.69) is 4.98 Å². The number of thioether (sulfide) groups is 1. The van der Waals surface area contributed by atoms with E-state index in [-0.39, 0.29) is 0 Å². The number of aliphatic carboxylic acids is 1. The van der Waals surface area contributed by atoms with E-state index in [1.165, 1.54) is 11.8 Å². The van der Waals surface area contributed by atoms with Gasteiger partial charge in [-0.15, -0.1) is 0 Å². The maximum absolute atomic E-state index is 10.6. The van der Waals surface area contributed by atoms with Gasteiger partial charge in [-0.3, -0.25) is 4.79 Å². The second-order valence-electron chi connectivity index (χ2n) is 4.10. The molecule has 1 aromatic heterocycles. The van der Waals surface area contributed by atoms with Crippen molar-refractivity contribution in [1.82, 2.24) is 9.55 Å². The second-order valence-corrected chi connectivity index (χ2v) is 5.13. The molecule has 5 nitrogen and oxygen atoms in total. The quantitative estimate of drug-likeness (QED) is 0.836. The molecule has 2 rings (SSSR count). The number of nitrogens with two attached hydrogens (primary N) is 1. The van der Waals surface area contributed by atoms with Gasteiger partial charge < -0.3 is 15.4 Å². The van der Waals surface area contributed by atoms with Gasteiger partial charge in [-0.05, 0) is 17.7 Å². The van der Waals surface area contributed by atoms with Crippen molar-refractivity contribution in [3.63, 3.8) is 0 Å². The van der Waals surface area contributed by atoms with Crippen molar-refractivity contribution >= 4 is 17.7 Å². The van der Waals surface area contributed by atoms with Gasteiger partial charge in [0.05, 0.1) is 6.33 Å². The summed E-state index contributed by atoms with van der Waals surface area (Å²) >= 11 is 1.52. The zero-order valence-electron chi connectivity index (χ0n) is 10.3. The highest BCUT2D eigenvalue weighted by Crippen LogP contribution is 2.15. The summed E-state index contributed by atoms with van der Waals surface area (Å²) in [6.07, 6.45) is 5.36. The lowest BCUT2D eigenvalue weighted by Gasteiger charge is -2.07. The number of aromatic nitrogens is 2. The maximum atomic E-state index is 10.6. The van der Waals surface area contributed by atoms with Crippen molar-refractivity contribution in [2.24, 2.45) is 5.73 Å². The Morgan fingerprint density at radius 1 is 1.42 bits per heavy atom. The molecule has 0 aliphatic rings. The molecule has 0 bridgehead atoms. The van der Waals surface area contributed by atoms with Crippen LogP contribution in [0.3, 0.4) is 0 Å². The highest BCUT2D eigenvalue weighted by Gasteiger charge is 2.10. The van der Waals surface area contributed by atoms with Crippen molar-refractivity contribution in [3.8, 4) is 5.69 Å². The van der Waals surface area contributed by atoms with Crippen LogP contribution in [0, 0.1) is 0 Å². The molecule has 0 saturated carbocycles. The predicted molar refractivity (Wildman–Crippen MR) is 75.3 cm³/mol. The largest absolute Gasteiger partial charge is 0.480 e. The van der Waals surface area contributed by atoms with E-state index in [1.54, 1.807) is 12.5 Å². The minimum absolute atomic E-state index is 0.415. The van der Waals surface area contributed by atoms with E-state index >= 15 is 0 Å². The molecule has 0 aliphatic heterocycles. The van der Waals surface area contributed by atoms with Crippen molar-refractivity contribution in [2.45, 2.75) is 11.8 Å². The summed E-state index contributed by atoms with van der Waals surface area (Å²) in [4.78, 5) is 14.6. The number of rotatable bonds is 6. The third-order valence-electron chi connectivity index (χ3n) is 2.62. The van der Waals surface area contributed by atoms with Crippen LogP contribution >= 0.6 is 11.8 Å². The summed E-state index contributed by atoms with van der Waals surface area (Å²) in [7, 11) is 0. The van der Waals surface area contributed by atoms with Crippen LogP contribution in [0.25, 0.3) is 5.69 Å². The average molecular weight is 277 g/mol. The van der Waals surface area contributed by atoms with E-state index < -0.39 is 12.0 Å². The normalized spacial score (nSPS) is 12.3. The standard InChI is InChI=1S/C13H15N3O2S/c14-12(13(17)18)8-19-7-10-1-3-11(4-2-10)16-6-5-15-9-16/h1-6,9,12H,7-8,14H2,(H,17,18). The topological polar surface area (TPSA) is 81.1 Å². The number of nitrogens with zero attached hydrogens (tertiary/aromatic N) is 2. The fourth-order valence-corrected chi connectivity index (χ4v) is 2.49. The minimum atomic E-state index is -0.956. The van der Waals surface area contributed by atoms with Crippen LogP contribution in [0.5, 0.6) is 0 Å². The summed E-state index contributed by atoms with van der Waals surface area (Å²) in [5.74, 6) is 0.215. The number of imidazole rings is 1. The zero-order valence-corrected chi connectivity index (χ0v) is 11.1. The Bertz CT molecular complexity index is 525. The van der Waals surface area contributed by atoms with Crippen LogP contribution < -0.4 is 5.73 Å². The first kappa shape index (κ1) is 13.6. The molecular formula is C13H15N3O2S. The monoisotopic (exact) mass is 277 g/mol. The van der Waals surface area contributed by atoms with Crippen LogP contribution in [0.15, 0.2) is 43.0 Å². The van der Waals surface area contributed by atoms with Gasteiger partial charge in [0.2, 0.25) is 0 Å². The van der Waals surface area contributed by atoms with Gasteiger partial charge in [0, 0.05) is 29.6 Å². The molecule has 0 saturated heterocycles. The molecule has 1 unspecified atom stereocenters. The SMILES string of the molecule is NC(CSCc1ccc(-n2ccnc2)cc1)C(=O)O. The maximum Gasteiger partial charge on any atom is 0.321 e. The molecule has 19 heavy (non-hydrogen) atoms. The Balaban J connectivity index is 1.87. The summed E-state index contributed by atoms with van der Waals surface area (Å²) in [6, 6.07) is 7.27. The Kier molecular flexibility index (Phi) is 4.59. The van der Waals surface area contributed by atoms with Crippen LogP contribution in [0.1, 0.15) is 5.56 Å². The molecule has 1 atom stereocenters. The third kappa shape index (κ3) is 3.84. The first-order valence-electron chi connectivity index (χ1n) is 5.80. The summed E-state index contributed by atoms with van der Waals surface area (Å²) in [6.45, 7) is 0. The Hall–Kier alpha value is -1.79. The zero-order chi connectivity index (χ0) is 13.7. The summed E-state index contributed by atoms with van der Waals surface area (Å²) in [5.41, 5.74) is 7.63. The summed E-state index contributed by atoms with van der Waals surface area (Å²) < 4.78 is 1.93. The third-order valence-corrected chi connectivity index (χ3v) is 3.75. The first-order chi connectivity index (χ1) is 9.16. The fourth-order valence-electron chi connectivity index (χ4n) is 1.55. The number of hydrogen-bond acceptors (Lipinski definition) is 4. The average Bonchev–Trinajstić information content (AvgIpc) is 2.93. The highest BCUT2D eigenvalue weighted by atomic mass is 32.2. The van der Waals surface area contributed by atoms with E-state index in [0.29, 0.717) is 5.75 Å². The fraction of sp³-hybridized carbons (Fsp3) is 0.231. The van der Waals surface area contributed by atoms with E-state index in [9.17, 15) is 4.79 Å². The van der Waals surface area contributed by atoms with Gasteiger partial charge in [-0.25, -0.2) is 4.98 Å². The molecular weight excluding hydrogens is 262 g/mol. The molecule has 0 radical (unpaired) electrons. The van der Waals surface area contributed by atoms with Crippen molar-refractivity contribution < 1.29 is 9.90 Å². The number of carbonyl (C=O) groups is 1. The predicted octanol–water partition coefficient (Wildman–Crippen LogP) is 1.52. The number of carboxylic acids is 1. The van der Waals surface area contributed by atoms with E-state index in [1.807, 2.05) is 35.0 Å². The van der Waals surface area contributed by atoms with Crippen molar-refractivity contribution in [3.05, 3.63) is 48.5 Å². The van der Waals surface area contributed by atoms with Crippen molar-refractivity contribution in [2.75, 3.05) is 5.75 Å². The Morgan fingerprint density at radius 3 is 2.74 bits per heavy atom. The number of benzene rings is 1. The minimum Gasteiger partial charge on any atom is -0.480 e. The van der Waals surface area contributed by atoms with Gasteiger partial charge in [0.15, 0.2) is 0 Å². The second kappa shape index (κ2) is 6.40. The van der Waals surface area contributed by atoms with Crippen LogP contribution in [-0.2, 0) is 10.5 Å². The molecule has 0 spiro atoms. The first-order valence-corrected chi connectivity index (χ1v) is 6.95. The number of carboxylic acid groups (broad SMARTS) is 1. The van der Waals surface area contributed by atoms with E-state index in [4.69, 9.17) is 10.8 Å². The van der Waals surface area contributed by atoms with Crippen LogP contribution in [0.4, 0.5) is 0 Å². The van der Waals surface area contributed by atoms with Gasteiger partial charge >= 0.3 is 5.97 Å². The van der Waals surface area contributed by atoms with Crippen LogP contribution in [-0.4, -0.2) is 32.4 Å². The molecule has 0 amide bonds. The highest BCUT2D eigenvalue weighted by molar-refractivity contribution is 7.98. The Morgan fingerprint density at radius 2 is 2.16 bits per heavy atom. The molecule has 3 N–H and O–H groups in total. The molecule has 1 aromatic carbocycles. The van der Waals surface area contributed by atoms with Gasteiger partial charge in [0.1, 0.15) is 6.04 Å². The smallest absolute Gasteiger partial charge is 0.321 e. The van der Waals surface area contributed by atoms with Gasteiger partial charge in [0.25, 0.3) is 0 Å². The number of hydrogen-bond donors (Lipinski definition) is 2. The lowest BCUT2D eigenvalue weighted by Crippen LogP contribution is -2.32.